The van der Waals surface area contributed by atoms with Crippen LogP contribution in [0.4, 0.5) is 4.79 Å². The number of cyclic esters (lactones) is 2. The lowest BCUT2D eigenvalue weighted by atomic mass is 9.91. The second kappa shape index (κ2) is 44.4. The van der Waals surface area contributed by atoms with Crippen LogP contribution >= 0.6 is 46.6 Å². The fourth-order valence-corrected chi connectivity index (χ4v) is 2.47. The van der Waals surface area contributed by atoms with E-state index in [0.29, 0.717) is 12.4 Å². The summed E-state index contributed by atoms with van der Waals surface area (Å²) < 4.78 is 44.9. The quantitative estimate of drug-likeness (QED) is 0.0842. The lowest BCUT2D eigenvalue weighted by Crippen LogP contribution is -2.25. The van der Waals surface area contributed by atoms with E-state index in [1.165, 1.54) is 35.0 Å². The second-order valence-corrected chi connectivity index (χ2v) is 9.27. The van der Waals surface area contributed by atoms with Crippen LogP contribution in [0.1, 0.15) is 54.9 Å². The van der Waals surface area contributed by atoms with Crippen LogP contribution in [0.5, 0.6) is 0 Å². The van der Waals surface area contributed by atoms with Gasteiger partial charge in [0.25, 0.3) is 0 Å². The molecule has 22 heteroatoms. The molecule has 0 bridgehead atoms. The summed E-state index contributed by atoms with van der Waals surface area (Å²) in [5.74, 6) is -5.57. The van der Waals surface area contributed by atoms with Gasteiger partial charge in [0.1, 0.15) is 11.8 Å². The van der Waals surface area contributed by atoms with Gasteiger partial charge < -0.3 is 46.0 Å². The van der Waals surface area contributed by atoms with Gasteiger partial charge in [-0.05, 0) is 32.7 Å². The standard InChI is InChI=1S/C8H15O3P.C6H11O4P.C6H8O3.C2H6NOP.2CH5N.CH3OP.H3OP.H2O/c1-4-7(9)5(2)6(3)8(10)11-12;1-3(5(7)8)4(2)6(9)10-11;1-3-4(2)6(8)9-5(3)7;1-3-2(4)5;2*1-2;2-1-3;1-2;/h5-6H,4,12H2,1-3H3;3-4H,11H2,1-2H3,(H,7,8);3-4H,1-2H3;5H2,1H3,(H,3,4);2*2H2,1H3;1H,3H2;1H,2H2;1H2/i12T;11T;;5T;;;3T;2T;. The van der Waals surface area contributed by atoms with E-state index in [1.807, 2.05) is 0 Å². The van der Waals surface area contributed by atoms with E-state index in [4.69, 9.17) is 21.2 Å². The van der Waals surface area contributed by atoms with Crippen molar-refractivity contribution in [2.45, 2.75) is 54.9 Å². The molecule has 1 fully saturated rings. The number of carbonyl (C=O) groups excluding carboxylic acids is 7. The summed E-state index contributed by atoms with van der Waals surface area (Å²) in [6.07, 6.45) is 0.432. The average molecular weight is 790 g/mol. The van der Waals surface area contributed by atoms with Crippen molar-refractivity contribution in [2.75, 3.05) is 21.1 Å². The van der Waals surface area contributed by atoms with Gasteiger partial charge in [-0.1, -0.05) is 57.7 Å². The van der Waals surface area contributed by atoms with Crippen LogP contribution in [-0.4, -0.2) is 90.3 Å². The van der Waals surface area contributed by atoms with E-state index in [-0.39, 0.29) is 53.0 Å². The number of carboxylic acids is 1. The fourth-order valence-electron chi connectivity index (χ4n) is 2.10. The molecule has 0 aromatic heterocycles. The molecule has 0 radical (unpaired) electrons. The zero-order valence-electron chi connectivity index (χ0n) is 33.3. The largest absolute Gasteiger partial charge is 0.481 e. The maximum absolute atomic E-state index is 11.2. The Morgan fingerprint density at radius 1 is 0.915 bits per heavy atom. The molecule has 11 atom stereocenters. The first-order chi connectivity index (χ1) is 23.8. The highest BCUT2D eigenvalue weighted by Crippen LogP contribution is 2.21. The second-order valence-electron chi connectivity index (χ2n) is 8.17. The van der Waals surface area contributed by atoms with Crippen LogP contribution < -0.4 is 16.8 Å². The number of rotatable bonds is 11. The van der Waals surface area contributed by atoms with Crippen molar-refractivity contribution < 1.29 is 67.6 Å². The summed E-state index contributed by atoms with van der Waals surface area (Å²) in [5, 5.41) is 10.8. The Bertz CT molecular complexity index is 949. The lowest BCUT2D eigenvalue weighted by molar-refractivity contribution is -0.153. The molecule has 1 aliphatic heterocycles. The molecule has 1 heterocycles. The molecule has 0 aliphatic carbocycles. The molecule has 9 N–H and O–H groups in total. The zero-order chi connectivity index (χ0) is 42.3. The predicted octanol–water partition coefficient (Wildman–Crippen LogP) is 0.936. The molecule has 0 aromatic carbocycles. The maximum Gasteiger partial charge on any atom is 0.317 e. The molecule has 0 aromatic rings. The normalized spacial score (nSPS) is 18.1. The topological polar surface area (TPSA) is 300 Å². The summed E-state index contributed by atoms with van der Waals surface area (Å²) in [5.41, 5.74) is 8.79. The van der Waals surface area contributed by atoms with Gasteiger partial charge in [-0.3, -0.25) is 38.4 Å². The molecule has 1 aliphatic rings. The number of hydrogen-bond acceptors (Lipinski definition) is 14. The Hall–Kier alpha value is -1.65. The summed E-state index contributed by atoms with van der Waals surface area (Å²) in [4.78, 5) is 90.9. The highest BCUT2D eigenvalue weighted by molar-refractivity contribution is 7.39. The van der Waals surface area contributed by atoms with Crippen molar-refractivity contribution in [1.29, 1.82) is 6.39 Å². The first-order valence-corrected chi connectivity index (χ1v) is 15.4. The van der Waals surface area contributed by atoms with E-state index in [9.17, 15) is 33.6 Å². The van der Waals surface area contributed by atoms with Gasteiger partial charge in [0.2, 0.25) is 5.65 Å². The van der Waals surface area contributed by atoms with Crippen LogP contribution in [0.2, 0.25) is 0 Å². The van der Waals surface area contributed by atoms with Crippen LogP contribution in [0.15, 0.2) is 0 Å². The molecular weight excluding hydrogens is 721 g/mol. The third-order valence-corrected chi connectivity index (χ3v) is 6.26. The minimum Gasteiger partial charge on any atom is -0.481 e. The van der Waals surface area contributed by atoms with Crippen molar-refractivity contribution >= 4 is 93.9 Å². The van der Waals surface area contributed by atoms with Gasteiger partial charge in [-0.25, -0.2) is 0 Å². The van der Waals surface area contributed by atoms with Crippen molar-refractivity contribution in [2.24, 2.45) is 47.0 Å². The summed E-state index contributed by atoms with van der Waals surface area (Å²) >= 11 is 0. The maximum atomic E-state index is 11.2. The molecule has 0 saturated carbocycles. The number of amides is 1. The van der Waals surface area contributed by atoms with Crippen LogP contribution in [0, 0.1) is 35.5 Å². The number of ether oxygens (including phenoxy) is 1. The highest BCUT2D eigenvalue weighted by atomic mass is 31.0. The predicted molar refractivity (Wildman–Crippen MR) is 197 cm³/mol. The Kier molecular flexibility index (Phi) is 46.9. The van der Waals surface area contributed by atoms with E-state index in [0.717, 1.165) is 0 Å². The molecule has 1 rings (SSSR count). The van der Waals surface area contributed by atoms with Crippen LogP contribution in [-0.2, 0) is 47.3 Å². The molecular formula is C25H58N3O14P5. The van der Waals surface area contributed by atoms with E-state index >= 15 is 0 Å². The van der Waals surface area contributed by atoms with Gasteiger partial charge in [-0.2, -0.15) is 0 Å². The highest BCUT2D eigenvalue weighted by Gasteiger charge is 2.37. The Labute approximate surface area is 296 Å². The van der Waals surface area contributed by atoms with Crippen LogP contribution in [0.3, 0.4) is 0 Å². The molecule has 1 saturated heterocycles. The van der Waals surface area contributed by atoms with Gasteiger partial charge in [0.05, 0.1) is 54.8 Å². The summed E-state index contributed by atoms with van der Waals surface area (Å²) in [6.45, 7) is 11.4. The molecule has 47 heavy (non-hydrogen) atoms. The average Bonchev–Trinajstić information content (AvgIpc) is 3.36. The van der Waals surface area contributed by atoms with E-state index in [2.05, 4.69) is 30.6 Å². The molecule has 11 unspecified atom stereocenters. The fraction of sp³-hybridized carbons (Fsp3) is 0.680. The molecule has 1 amide bonds. The third kappa shape index (κ3) is 37.0. The minimum atomic E-state index is -1.03. The number of ketones is 1. The number of carbonyl (C=O) groups is 8. The summed E-state index contributed by atoms with van der Waals surface area (Å²) in [6, 6.07) is 0.569. The first kappa shape index (κ1) is 49.7. The Balaban J connectivity index is -0.0000000766. The third-order valence-electron chi connectivity index (χ3n) is 5.61. The number of nitrogens with two attached hydrogens (primary N) is 2. The van der Waals surface area contributed by atoms with Gasteiger partial charge in [-0.15, -0.1) is 0 Å². The van der Waals surface area contributed by atoms with E-state index in [1.54, 1.807) is 34.6 Å². The van der Waals surface area contributed by atoms with Crippen molar-refractivity contribution in [3.05, 3.63) is 0 Å². The van der Waals surface area contributed by atoms with Gasteiger partial charge in [0.15, 0.2) is 0 Å². The van der Waals surface area contributed by atoms with Crippen molar-refractivity contribution in [1.82, 2.24) is 5.32 Å². The first-order valence-electron chi connectivity index (χ1n) is 15.5. The monoisotopic (exact) mass is 789 g/mol. The van der Waals surface area contributed by atoms with Gasteiger partial charge >= 0.3 is 29.8 Å². The number of aliphatic carboxylic acids is 1. The lowest BCUT2D eigenvalue weighted by Gasteiger charge is -2.14. The summed E-state index contributed by atoms with van der Waals surface area (Å²) in [7, 11) is 1.92. The van der Waals surface area contributed by atoms with Crippen LogP contribution in [0.25, 0.3) is 0 Å². The SMILES string of the molecule is CC1C(=O)OC(=O)C1C.CN.CN.O.[3H]PC(=O)NC.[3H]PC=O.[3H]PO.[3H]POC(=O)C(C)C(C)C(=O)CC.[3H]POC(=O)C(C)C(C)C(=O)O. The number of nitrogens with one attached hydrogen (secondary N) is 1. The smallest absolute Gasteiger partial charge is 0.317 e. The van der Waals surface area contributed by atoms with E-state index < -0.39 is 75.8 Å². The number of esters is 2. The number of carboxylic acid groups (broad SMARTS) is 1. The minimum absolute atomic E-state index is 0. The van der Waals surface area contributed by atoms with Gasteiger partial charge in [0, 0.05) is 19.4 Å². The van der Waals surface area contributed by atoms with Crippen molar-refractivity contribution in [3.8, 4) is 0 Å². The molecule has 17 nitrogen and oxygen atoms in total. The molecule has 0 spiro atoms. The van der Waals surface area contributed by atoms with Crippen molar-refractivity contribution in [3.63, 3.8) is 0 Å². The Morgan fingerprint density at radius 2 is 1.26 bits per heavy atom. The number of hydrogen-bond donors (Lipinski definition) is 5. The number of Topliss-reactive ketones (excluding diaryl/α,β-unsaturated/α-hetero) is 1. The zero-order valence-corrected chi connectivity index (χ0v) is 33.3. The Morgan fingerprint density at radius 3 is 1.43 bits per heavy atom. The molecule has 282 valence electrons.